The first kappa shape index (κ1) is 26.6. The zero-order valence-corrected chi connectivity index (χ0v) is 21.0. The fraction of sp³-hybridized carbons (Fsp3) is 0.522. The minimum Gasteiger partial charge on any atom is -0.467 e. The fourth-order valence-electron chi connectivity index (χ4n) is 3.55. The lowest BCUT2D eigenvalue weighted by Gasteiger charge is -2.31. The Labute approximate surface area is 204 Å². The molecule has 32 heavy (non-hydrogen) atoms. The summed E-state index contributed by atoms with van der Waals surface area (Å²) < 4.78 is 4.81. The molecule has 1 aliphatic rings. The van der Waals surface area contributed by atoms with Gasteiger partial charge >= 0.3 is 5.97 Å². The van der Waals surface area contributed by atoms with Gasteiger partial charge in [-0.05, 0) is 43.2 Å². The third-order valence-corrected chi connectivity index (χ3v) is 7.32. The van der Waals surface area contributed by atoms with Crippen LogP contribution in [0.15, 0.2) is 23.1 Å². The van der Waals surface area contributed by atoms with Gasteiger partial charge in [0.05, 0.1) is 17.2 Å². The molecule has 6 nitrogen and oxygen atoms in total. The van der Waals surface area contributed by atoms with Crippen LogP contribution < -0.4 is 5.32 Å². The van der Waals surface area contributed by atoms with Crippen LogP contribution in [0.1, 0.15) is 44.6 Å². The van der Waals surface area contributed by atoms with Gasteiger partial charge in [0.1, 0.15) is 6.04 Å². The number of nitrogens with one attached hydrogen (secondary N) is 1. The number of benzene rings is 1. The summed E-state index contributed by atoms with van der Waals surface area (Å²) in [6.45, 7) is 2.97. The Morgan fingerprint density at radius 3 is 2.53 bits per heavy atom. The molecular formula is C23H30Cl2N2O4S. The molecule has 0 saturated carbocycles. The second kappa shape index (κ2) is 13.1. The van der Waals surface area contributed by atoms with Gasteiger partial charge < -0.3 is 15.0 Å². The Balaban J connectivity index is 1.91. The van der Waals surface area contributed by atoms with Crippen LogP contribution in [-0.4, -0.2) is 55.2 Å². The van der Waals surface area contributed by atoms with Gasteiger partial charge in [0.25, 0.3) is 0 Å². The van der Waals surface area contributed by atoms with Crippen LogP contribution in [0.25, 0.3) is 6.08 Å². The summed E-state index contributed by atoms with van der Waals surface area (Å²) in [7, 11) is 1.32. The lowest BCUT2D eigenvalue weighted by Crippen LogP contribution is -2.47. The van der Waals surface area contributed by atoms with Crippen molar-refractivity contribution >= 4 is 58.8 Å². The molecule has 9 heteroatoms. The monoisotopic (exact) mass is 500 g/mol. The van der Waals surface area contributed by atoms with E-state index in [-0.39, 0.29) is 17.7 Å². The maximum atomic E-state index is 12.6. The summed E-state index contributed by atoms with van der Waals surface area (Å²) >= 11 is 14.1. The van der Waals surface area contributed by atoms with E-state index in [0.29, 0.717) is 48.0 Å². The van der Waals surface area contributed by atoms with Crippen LogP contribution in [0.5, 0.6) is 0 Å². The molecule has 2 rings (SSSR count). The first-order valence-corrected chi connectivity index (χ1v) is 12.7. The van der Waals surface area contributed by atoms with E-state index in [0.717, 1.165) is 17.7 Å². The number of esters is 1. The highest BCUT2D eigenvalue weighted by Crippen LogP contribution is 2.35. The summed E-state index contributed by atoms with van der Waals surface area (Å²) in [5.74, 6) is -0.951. The number of rotatable bonds is 9. The number of ether oxygens (including phenoxy) is 1. The standard InChI is InChI=1S/C23H30Cl2N2O4S/c1-4-5-6-17(23(30)31-2)26-22(29)16-11-13-27(14-12-16)19(28)10-8-15-7-9-18(32-3)21(25)20(15)24/h7-10,16-17H,4-6,11-14H2,1-3H3,(H,26,29)/b10-8+. The van der Waals surface area contributed by atoms with Crippen molar-refractivity contribution in [1.29, 1.82) is 0 Å². The highest BCUT2D eigenvalue weighted by molar-refractivity contribution is 7.98. The average Bonchev–Trinajstić information content (AvgIpc) is 2.81. The van der Waals surface area contributed by atoms with Crippen molar-refractivity contribution in [3.63, 3.8) is 0 Å². The second-order valence-corrected chi connectivity index (χ2v) is 9.25. The van der Waals surface area contributed by atoms with E-state index in [4.69, 9.17) is 27.9 Å². The molecule has 1 atom stereocenters. The summed E-state index contributed by atoms with van der Waals surface area (Å²) in [5.41, 5.74) is 0.679. The smallest absolute Gasteiger partial charge is 0.328 e. The van der Waals surface area contributed by atoms with E-state index >= 15 is 0 Å². The molecule has 176 valence electrons. The molecule has 0 aliphatic carbocycles. The number of methoxy groups -OCH3 is 1. The van der Waals surface area contributed by atoms with Crippen LogP contribution in [0.2, 0.25) is 10.0 Å². The molecule has 0 aromatic heterocycles. The number of thioether (sulfide) groups is 1. The molecule has 1 heterocycles. The van der Waals surface area contributed by atoms with Gasteiger partial charge in [-0.25, -0.2) is 4.79 Å². The minimum absolute atomic E-state index is 0.139. The summed E-state index contributed by atoms with van der Waals surface area (Å²) in [4.78, 5) is 39.7. The quantitative estimate of drug-likeness (QED) is 0.299. The van der Waals surface area contributed by atoms with Gasteiger partial charge in [-0.1, -0.05) is 49.0 Å². The normalized spacial score (nSPS) is 15.6. The van der Waals surface area contributed by atoms with Gasteiger partial charge in [-0.2, -0.15) is 0 Å². The van der Waals surface area contributed by atoms with Crippen molar-refractivity contribution in [3.8, 4) is 0 Å². The number of amides is 2. The topological polar surface area (TPSA) is 75.7 Å². The van der Waals surface area contributed by atoms with Gasteiger partial charge in [-0.15, -0.1) is 11.8 Å². The molecule has 0 spiro atoms. The van der Waals surface area contributed by atoms with E-state index in [1.165, 1.54) is 24.9 Å². The number of carbonyl (C=O) groups is 3. The molecule has 1 fully saturated rings. The highest BCUT2D eigenvalue weighted by atomic mass is 35.5. The van der Waals surface area contributed by atoms with Gasteiger partial charge in [0.2, 0.25) is 11.8 Å². The molecule has 1 aromatic rings. The zero-order valence-electron chi connectivity index (χ0n) is 18.7. The third-order valence-electron chi connectivity index (χ3n) is 5.53. The fourth-order valence-corrected chi connectivity index (χ4v) is 4.72. The first-order valence-electron chi connectivity index (χ1n) is 10.7. The number of piperidine rings is 1. The SMILES string of the molecule is CCCCC(NC(=O)C1CCN(C(=O)/C=C/c2ccc(SC)c(Cl)c2Cl)CC1)C(=O)OC. The molecule has 2 amide bonds. The molecule has 1 N–H and O–H groups in total. The highest BCUT2D eigenvalue weighted by Gasteiger charge is 2.29. The van der Waals surface area contributed by atoms with Crippen LogP contribution >= 0.6 is 35.0 Å². The molecule has 1 aromatic carbocycles. The first-order chi connectivity index (χ1) is 15.3. The third kappa shape index (κ3) is 7.15. The Morgan fingerprint density at radius 2 is 1.94 bits per heavy atom. The molecule has 0 bridgehead atoms. The van der Waals surface area contributed by atoms with Crippen LogP contribution in [0.3, 0.4) is 0 Å². The largest absolute Gasteiger partial charge is 0.467 e. The van der Waals surface area contributed by atoms with Gasteiger partial charge in [0.15, 0.2) is 0 Å². The van der Waals surface area contributed by atoms with Crippen LogP contribution in [0.4, 0.5) is 0 Å². The average molecular weight is 501 g/mol. The molecule has 1 unspecified atom stereocenters. The van der Waals surface area contributed by atoms with E-state index < -0.39 is 12.0 Å². The van der Waals surface area contributed by atoms with Crippen molar-refractivity contribution in [2.45, 2.75) is 50.0 Å². The van der Waals surface area contributed by atoms with E-state index in [1.54, 1.807) is 11.0 Å². The second-order valence-electron chi connectivity index (χ2n) is 7.64. The predicted octanol–water partition coefficient (Wildman–Crippen LogP) is 4.82. The van der Waals surface area contributed by atoms with E-state index in [9.17, 15) is 14.4 Å². The Hall–Kier alpha value is -1.70. The number of carbonyl (C=O) groups excluding carboxylic acids is 3. The molecular weight excluding hydrogens is 471 g/mol. The van der Waals surface area contributed by atoms with Crippen LogP contribution in [-0.2, 0) is 19.1 Å². The van der Waals surface area contributed by atoms with Crippen LogP contribution in [0, 0.1) is 5.92 Å². The summed E-state index contributed by atoms with van der Waals surface area (Å²) in [5, 5.41) is 3.72. The van der Waals surface area contributed by atoms with E-state index in [2.05, 4.69) is 5.32 Å². The molecule has 1 aliphatic heterocycles. The maximum absolute atomic E-state index is 12.6. The van der Waals surface area contributed by atoms with Crippen molar-refractivity contribution in [1.82, 2.24) is 10.2 Å². The summed E-state index contributed by atoms with van der Waals surface area (Å²) in [6, 6.07) is 3.08. The van der Waals surface area contributed by atoms with Crippen molar-refractivity contribution in [2.24, 2.45) is 5.92 Å². The number of halogens is 2. The maximum Gasteiger partial charge on any atom is 0.328 e. The molecule has 0 radical (unpaired) electrons. The van der Waals surface area contributed by atoms with Crippen molar-refractivity contribution < 1.29 is 19.1 Å². The lowest BCUT2D eigenvalue weighted by atomic mass is 9.95. The lowest BCUT2D eigenvalue weighted by molar-refractivity contribution is -0.146. The van der Waals surface area contributed by atoms with Gasteiger partial charge in [0, 0.05) is 30.0 Å². The van der Waals surface area contributed by atoms with Crippen molar-refractivity contribution in [3.05, 3.63) is 33.8 Å². The number of unbranched alkanes of at least 4 members (excludes halogenated alkanes) is 1. The zero-order chi connectivity index (χ0) is 23.7. The summed E-state index contributed by atoms with van der Waals surface area (Å²) in [6.07, 6.45) is 8.46. The Morgan fingerprint density at radius 1 is 1.25 bits per heavy atom. The van der Waals surface area contributed by atoms with E-state index in [1.807, 2.05) is 25.3 Å². The number of nitrogens with zero attached hydrogens (tertiary/aromatic N) is 1. The Bertz CT molecular complexity index is 855. The number of likely N-dealkylation sites (tertiary alicyclic amines) is 1. The number of hydrogen-bond donors (Lipinski definition) is 1. The molecule has 1 saturated heterocycles. The van der Waals surface area contributed by atoms with Gasteiger partial charge in [-0.3, -0.25) is 9.59 Å². The number of hydrogen-bond acceptors (Lipinski definition) is 5. The Kier molecular flexibility index (Phi) is 10.9. The predicted molar refractivity (Wildman–Crippen MR) is 130 cm³/mol. The minimum atomic E-state index is -0.621. The van der Waals surface area contributed by atoms with Crippen molar-refractivity contribution in [2.75, 3.05) is 26.5 Å².